The number of rotatable bonds is 4. The molecule has 1 unspecified atom stereocenters. The van der Waals surface area contributed by atoms with E-state index < -0.39 is 40.4 Å². The fraction of sp³-hybridized carbons (Fsp3) is 0.357. The van der Waals surface area contributed by atoms with Gasteiger partial charge in [0.2, 0.25) is 0 Å². The number of aliphatic hydroxyl groups is 2. The van der Waals surface area contributed by atoms with Gasteiger partial charge in [-0.2, -0.15) is 8.42 Å². The number of ether oxygens (including phenoxy) is 1. The van der Waals surface area contributed by atoms with Crippen molar-refractivity contribution >= 4 is 21.5 Å². The van der Waals surface area contributed by atoms with Crippen molar-refractivity contribution in [2.45, 2.75) is 30.1 Å². The first-order valence-corrected chi connectivity index (χ1v) is 9.26. The first-order chi connectivity index (χ1) is 12.8. The molecule has 0 amide bonds. The lowest BCUT2D eigenvalue weighted by Crippen LogP contribution is -2.38. The van der Waals surface area contributed by atoms with Gasteiger partial charge in [0.05, 0.1) is 12.6 Å². The van der Waals surface area contributed by atoms with Crippen LogP contribution < -0.4 is 5.14 Å². The Morgan fingerprint density at radius 2 is 2.15 bits per heavy atom. The van der Waals surface area contributed by atoms with E-state index in [0.717, 1.165) is 0 Å². The molecule has 27 heavy (non-hydrogen) atoms. The van der Waals surface area contributed by atoms with Crippen LogP contribution in [-0.4, -0.2) is 62.1 Å². The van der Waals surface area contributed by atoms with Gasteiger partial charge < -0.3 is 19.4 Å². The summed E-state index contributed by atoms with van der Waals surface area (Å²) in [5.41, 5.74) is -0.692. The smallest absolute Gasteiger partial charge is 0.333 e. The van der Waals surface area contributed by atoms with Crippen LogP contribution in [0.2, 0.25) is 0 Å². The van der Waals surface area contributed by atoms with Crippen LogP contribution in [-0.2, 0) is 19.2 Å². The van der Waals surface area contributed by atoms with E-state index in [1.807, 2.05) is 0 Å². The Kier molecular flexibility index (Phi) is 3.29. The van der Waals surface area contributed by atoms with E-state index in [2.05, 4.69) is 19.1 Å². The topological polar surface area (TPSA) is 176 Å². The highest BCUT2D eigenvalue weighted by atomic mass is 32.2. The number of aromatic nitrogens is 4. The van der Waals surface area contributed by atoms with E-state index in [0.29, 0.717) is 22.6 Å². The van der Waals surface area contributed by atoms with Crippen LogP contribution in [0.15, 0.2) is 35.5 Å². The molecular formula is C14H13N5O7S. The summed E-state index contributed by atoms with van der Waals surface area (Å²) < 4.78 is 39.0. The Morgan fingerprint density at radius 3 is 2.78 bits per heavy atom. The fourth-order valence-corrected chi connectivity index (χ4v) is 3.97. The fourth-order valence-electron chi connectivity index (χ4n) is 3.42. The summed E-state index contributed by atoms with van der Waals surface area (Å²) in [4.78, 5) is 12.6. The summed E-state index contributed by atoms with van der Waals surface area (Å²) in [6.07, 6.45) is -0.690. The highest BCUT2D eigenvalue weighted by Gasteiger charge is 2.79. The van der Waals surface area contributed by atoms with Crippen LogP contribution in [0.25, 0.3) is 22.6 Å². The molecule has 0 bridgehead atoms. The quantitative estimate of drug-likeness (QED) is 0.480. The van der Waals surface area contributed by atoms with Gasteiger partial charge in [-0.15, -0.1) is 0 Å². The highest BCUT2D eigenvalue weighted by molar-refractivity contribution is 7.84. The summed E-state index contributed by atoms with van der Waals surface area (Å²) in [7, 11) is -4.30. The third-order valence-corrected chi connectivity index (χ3v) is 5.21. The molecule has 142 valence electrons. The van der Waals surface area contributed by atoms with Crippen molar-refractivity contribution in [2.24, 2.45) is 5.14 Å². The molecule has 2 aliphatic rings. The lowest BCUT2D eigenvalue weighted by molar-refractivity contribution is -0.0888. The van der Waals surface area contributed by atoms with Gasteiger partial charge in [-0.05, 0) is 12.1 Å². The number of hydrogen-bond acceptors (Lipinski definition) is 10. The Hall–Kier alpha value is -2.42. The van der Waals surface area contributed by atoms with Gasteiger partial charge in [0.1, 0.15) is 35.8 Å². The minimum atomic E-state index is -4.30. The second-order valence-electron chi connectivity index (χ2n) is 6.31. The zero-order valence-electron chi connectivity index (χ0n) is 13.4. The summed E-state index contributed by atoms with van der Waals surface area (Å²) in [5, 5.41) is 25.8. The van der Waals surface area contributed by atoms with E-state index in [9.17, 15) is 18.6 Å². The van der Waals surface area contributed by atoms with Crippen molar-refractivity contribution in [3.8, 4) is 11.5 Å². The maximum atomic E-state index is 11.1. The standard InChI is InChI=1S/C14H13N5O7S/c15-27(22,23)26-11-10-14(11,21)9(20)13(25-10)19-5-18-8-7(6-2-1-3-24-6)16-4-17-12(8)19/h1-5,9-11,13,20-21H,(H2,15,22,23)/t9-,10+,11?,13+,14-/m0/s1. The molecule has 5 atom stereocenters. The largest absolute Gasteiger partial charge is 0.463 e. The summed E-state index contributed by atoms with van der Waals surface area (Å²) in [6.45, 7) is 0. The average Bonchev–Trinajstić information content (AvgIpc) is 3.12. The zero-order chi connectivity index (χ0) is 19.0. The summed E-state index contributed by atoms with van der Waals surface area (Å²) in [5.74, 6) is 0.489. The molecule has 5 rings (SSSR count). The molecule has 0 aromatic carbocycles. The van der Waals surface area contributed by atoms with E-state index in [4.69, 9.17) is 14.3 Å². The number of furan rings is 1. The minimum Gasteiger partial charge on any atom is -0.463 e. The number of aliphatic hydroxyl groups excluding tert-OH is 1. The Balaban J connectivity index is 1.49. The molecule has 3 aromatic rings. The lowest BCUT2D eigenvalue weighted by atomic mass is 10.1. The molecule has 3 aromatic heterocycles. The number of nitrogens with zero attached hydrogens (tertiary/aromatic N) is 4. The maximum absolute atomic E-state index is 11.1. The van der Waals surface area contributed by atoms with Gasteiger partial charge >= 0.3 is 10.3 Å². The SMILES string of the molecule is NS(=O)(=O)OC1[C@H]2O[C@@H](n3cnc4c(-c5ccco5)ncnc43)[C@H](O)[C@@]12O. The molecule has 12 nitrogen and oxygen atoms in total. The number of nitrogens with two attached hydrogens (primary N) is 1. The van der Waals surface area contributed by atoms with Crippen molar-refractivity contribution in [2.75, 3.05) is 0 Å². The highest BCUT2D eigenvalue weighted by Crippen LogP contribution is 2.55. The molecular weight excluding hydrogens is 382 g/mol. The van der Waals surface area contributed by atoms with Gasteiger partial charge in [-0.3, -0.25) is 4.57 Å². The lowest BCUT2D eigenvalue weighted by Gasteiger charge is -2.23. The van der Waals surface area contributed by atoms with Crippen molar-refractivity contribution < 1.29 is 32.0 Å². The van der Waals surface area contributed by atoms with Crippen LogP contribution >= 0.6 is 0 Å². The molecule has 4 heterocycles. The molecule has 1 saturated carbocycles. The molecule has 1 saturated heterocycles. The van der Waals surface area contributed by atoms with Crippen LogP contribution in [0.5, 0.6) is 0 Å². The van der Waals surface area contributed by atoms with Gasteiger partial charge in [-0.25, -0.2) is 24.3 Å². The predicted molar refractivity (Wildman–Crippen MR) is 85.9 cm³/mol. The Morgan fingerprint density at radius 1 is 1.33 bits per heavy atom. The second-order valence-corrected chi connectivity index (χ2v) is 7.49. The molecule has 0 spiro atoms. The van der Waals surface area contributed by atoms with Crippen LogP contribution in [0.4, 0.5) is 0 Å². The van der Waals surface area contributed by atoms with Gasteiger partial charge in [0.15, 0.2) is 23.2 Å². The molecule has 4 N–H and O–H groups in total. The van der Waals surface area contributed by atoms with Crippen molar-refractivity contribution in [3.63, 3.8) is 0 Å². The molecule has 1 aliphatic carbocycles. The second kappa shape index (κ2) is 5.31. The normalized spacial score (nSPS) is 32.7. The van der Waals surface area contributed by atoms with Crippen molar-refractivity contribution in [1.29, 1.82) is 0 Å². The number of imidazole rings is 1. The maximum Gasteiger partial charge on any atom is 0.333 e. The Bertz CT molecular complexity index is 1130. The third kappa shape index (κ3) is 2.33. The molecule has 13 heteroatoms. The average molecular weight is 395 g/mol. The minimum absolute atomic E-state index is 0.342. The van der Waals surface area contributed by atoms with Gasteiger partial charge in [0, 0.05) is 0 Å². The van der Waals surface area contributed by atoms with Gasteiger partial charge in [0.25, 0.3) is 0 Å². The summed E-state index contributed by atoms with van der Waals surface area (Å²) >= 11 is 0. The van der Waals surface area contributed by atoms with Crippen molar-refractivity contribution in [3.05, 3.63) is 31.1 Å². The third-order valence-electron chi connectivity index (χ3n) is 4.73. The monoisotopic (exact) mass is 395 g/mol. The van der Waals surface area contributed by atoms with E-state index in [1.165, 1.54) is 23.5 Å². The number of hydrogen-bond donors (Lipinski definition) is 3. The van der Waals surface area contributed by atoms with Crippen LogP contribution in [0.1, 0.15) is 6.23 Å². The Labute approximate surface area is 151 Å². The molecule has 2 fully saturated rings. The van der Waals surface area contributed by atoms with E-state index >= 15 is 0 Å². The van der Waals surface area contributed by atoms with Gasteiger partial charge in [-0.1, -0.05) is 0 Å². The summed E-state index contributed by atoms with van der Waals surface area (Å²) in [6, 6.07) is 3.42. The van der Waals surface area contributed by atoms with E-state index in [1.54, 1.807) is 12.1 Å². The van der Waals surface area contributed by atoms with Crippen LogP contribution in [0, 0.1) is 0 Å². The van der Waals surface area contributed by atoms with E-state index in [-0.39, 0.29) is 0 Å². The first kappa shape index (κ1) is 16.7. The number of fused-ring (bicyclic) bond motifs is 2. The van der Waals surface area contributed by atoms with Crippen LogP contribution in [0.3, 0.4) is 0 Å². The zero-order valence-corrected chi connectivity index (χ0v) is 14.2. The predicted octanol–water partition coefficient (Wildman–Crippen LogP) is -1.32. The molecule has 1 aliphatic heterocycles. The molecule has 0 radical (unpaired) electrons. The van der Waals surface area contributed by atoms with Crippen molar-refractivity contribution in [1.82, 2.24) is 19.5 Å². The first-order valence-electron chi connectivity index (χ1n) is 7.79.